The molecule has 0 spiro atoms. The fourth-order valence-corrected chi connectivity index (χ4v) is 3.23. The summed E-state index contributed by atoms with van der Waals surface area (Å²) in [6, 6.07) is 17.7. The van der Waals surface area contributed by atoms with Crippen molar-refractivity contribution in [3.63, 3.8) is 0 Å². The van der Waals surface area contributed by atoms with Gasteiger partial charge in [0.2, 0.25) is 5.91 Å². The van der Waals surface area contributed by atoms with Gasteiger partial charge >= 0.3 is 0 Å². The number of aromatic nitrogens is 2. The van der Waals surface area contributed by atoms with Gasteiger partial charge in [0.05, 0.1) is 11.4 Å². The van der Waals surface area contributed by atoms with Crippen molar-refractivity contribution in [3.05, 3.63) is 82.6 Å². The molecular weight excluding hydrogens is 358 g/mol. The van der Waals surface area contributed by atoms with Gasteiger partial charge in [-0.2, -0.15) is 5.10 Å². The highest BCUT2D eigenvalue weighted by molar-refractivity contribution is 6.31. The van der Waals surface area contributed by atoms with E-state index >= 15 is 0 Å². The Morgan fingerprint density at radius 3 is 2.56 bits per heavy atom. The lowest BCUT2D eigenvalue weighted by Gasteiger charge is -2.06. The van der Waals surface area contributed by atoms with Gasteiger partial charge in [0.15, 0.2) is 0 Å². The molecule has 0 unspecified atom stereocenters. The number of benzene rings is 2. The number of para-hydroxylation sites is 1. The summed E-state index contributed by atoms with van der Waals surface area (Å²) >= 11 is 6.12. The Morgan fingerprint density at radius 1 is 1.04 bits per heavy atom. The van der Waals surface area contributed by atoms with Crippen molar-refractivity contribution in [2.45, 2.75) is 32.6 Å². The van der Waals surface area contributed by atoms with Crippen LogP contribution in [-0.4, -0.2) is 22.2 Å². The molecule has 0 bridgehead atoms. The third kappa shape index (κ3) is 5.44. The van der Waals surface area contributed by atoms with Gasteiger partial charge in [-0.1, -0.05) is 48.0 Å². The first-order valence-electron chi connectivity index (χ1n) is 9.24. The largest absolute Gasteiger partial charge is 0.356 e. The minimum atomic E-state index is 0.0617. The second-order valence-electron chi connectivity index (χ2n) is 6.56. The number of hydrogen-bond donors (Lipinski definition) is 1. The smallest absolute Gasteiger partial charge is 0.220 e. The molecular formula is C22H24ClN3O. The zero-order valence-electron chi connectivity index (χ0n) is 15.5. The molecule has 2 aromatic carbocycles. The third-order valence-electron chi connectivity index (χ3n) is 4.55. The number of nitrogens with zero attached hydrogens (tertiary/aromatic N) is 2. The normalized spacial score (nSPS) is 10.7. The molecule has 4 nitrogen and oxygen atoms in total. The van der Waals surface area contributed by atoms with E-state index in [-0.39, 0.29) is 5.91 Å². The number of rotatable bonds is 8. The van der Waals surface area contributed by atoms with Crippen LogP contribution in [-0.2, 0) is 17.6 Å². The maximum absolute atomic E-state index is 12.0. The van der Waals surface area contributed by atoms with Crippen LogP contribution in [0.2, 0.25) is 5.02 Å². The van der Waals surface area contributed by atoms with Crippen LogP contribution >= 0.6 is 11.6 Å². The number of halogens is 1. The number of carbonyl (C=O) groups is 1. The van der Waals surface area contributed by atoms with E-state index in [4.69, 9.17) is 11.6 Å². The Hall–Kier alpha value is -2.59. The molecule has 0 atom stereocenters. The molecule has 3 rings (SSSR count). The Morgan fingerprint density at radius 2 is 1.78 bits per heavy atom. The van der Waals surface area contributed by atoms with Gasteiger partial charge in [-0.15, -0.1) is 0 Å². The average Bonchev–Trinajstić information content (AvgIpc) is 3.06. The summed E-state index contributed by atoms with van der Waals surface area (Å²) in [7, 11) is 0. The predicted octanol–water partition coefficient (Wildman–Crippen LogP) is 4.52. The van der Waals surface area contributed by atoms with Crippen LogP contribution in [0.15, 0.2) is 60.8 Å². The van der Waals surface area contributed by atoms with E-state index in [9.17, 15) is 4.79 Å². The summed E-state index contributed by atoms with van der Waals surface area (Å²) in [4.78, 5) is 12.0. The molecule has 0 aliphatic heterocycles. The highest BCUT2D eigenvalue weighted by atomic mass is 35.5. The molecule has 0 fully saturated rings. The molecule has 0 saturated heterocycles. The molecule has 1 heterocycles. The topological polar surface area (TPSA) is 46.9 Å². The van der Waals surface area contributed by atoms with Crippen molar-refractivity contribution in [3.8, 4) is 5.69 Å². The maximum atomic E-state index is 12.0. The highest BCUT2D eigenvalue weighted by Gasteiger charge is 2.07. The number of amides is 1. The number of aryl methyl sites for hydroxylation is 3. The SMILES string of the molecule is Cc1nn(-c2ccccc2)cc1CCCNC(=O)CCc1ccccc1Cl. The summed E-state index contributed by atoms with van der Waals surface area (Å²) in [6.45, 7) is 2.69. The lowest BCUT2D eigenvalue weighted by atomic mass is 10.1. The third-order valence-corrected chi connectivity index (χ3v) is 4.91. The predicted molar refractivity (Wildman–Crippen MR) is 109 cm³/mol. The Labute approximate surface area is 165 Å². The van der Waals surface area contributed by atoms with E-state index in [0.29, 0.717) is 19.4 Å². The van der Waals surface area contributed by atoms with Crippen molar-refractivity contribution in [1.82, 2.24) is 15.1 Å². The van der Waals surface area contributed by atoms with Crippen molar-refractivity contribution < 1.29 is 4.79 Å². The molecule has 0 aliphatic rings. The monoisotopic (exact) mass is 381 g/mol. The van der Waals surface area contributed by atoms with Crippen LogP contribution in [0.1, 0.15) is 29.7 Å². The zero-order valence-corrected chi connectivity index (χ0v) is 16.2. The van der Waals surface area contributed by atoms with Crippen LogP contribution in [0.4, 0.5) is 0 Å². The molecule has 27 heavy (non-hydrogen) atoms. The van der Waals surface area contributed by atoms with E-state index in [1.165, 1.54) is 5.56 Å². The second-order valence-corrected chi connectivity index (χ2v) is 6.97. The molecule has 1 N–H and O–H groups in total. The number of hydrogen-bond acceptors (Lipinski definition) is 2. The average molecular weight is 382 g/mol. The molecule has 5 heteroatoms. The van der Waals surface area contributed by atoms with E-state index in [1.807, 2.05) is 66.2 Å². The molecule has 3 aromatic rings. The van der Waals surface area contributed by atoms with Crippen molar-refractivity contribution >= 4 is 17.5 Å². The van der Waals surface area contributed by atoms with Gasteiger partial charge in [-0.25, -0.2) is 4.68 Å². The minimum absolute atomic E-state index is 0.0617. The summed E-state index contributed by atoms with van der Waals surface area (Å²) in [5.74, 6) is 0.0617. The second kappa shape index (κ2) is 9.38. The lowest BCUT2D eigenvalue weighted by molar-refractivity contribution is -0.121. The Balaban J connectivity index is 1.42. The standard InChI is InChI=1S/C22H24ClN3O/c1-17-19(16-26(25-17)20-10-3-2-4-11-20)9-7-15-24-22(27)14-13-18-8-5-6-12-21(18)23/h2-6,8,10-12,16H,7,9,13-15H2,1H3,(H,24,27). The van der Waals surface area contributed by atoms with Crippen molar-refractivity contribution in [1.29, 1.82) is 0 Å². The van der Waals surface area contributed by atoms with Gasteiger partial charge in [0.1, 0.15) is 0 Å². The first kappa shape index (κ1) is 19.2. The Bertz CT molecular complexity index is 890. The first-order valence-corrected chi connectivity index (χ1v) is 9.62. The van der Waals surface area contributed by atoms with Crippen LogP contribution in [0, 0.1) is 6.92 Å². The quantitative estimate of drug-likeness (QED) is 0.583. The number of carbonyl (C=O) groups excluding carboxylic acids is 1. The van der Waals surface area contributed by atoms with Gasteiger partial charge in [-0.05, 0) is 55.5 Å². The molecule has 0 saturated carbocycles. The van der Waals surface area contributed by atoms with Crippen LogP contribution in [0.5, 0.6) is 0 Å². The summed E-state index contributed by atoms with van der Waals surface area (Å²) in [5.41, 5.74) is 4.31. The molecule has 1 amide bonds. The fraction of sp³-hybridized carbons (Fsp3) is 0.273. The molecule has 0 aliphatic carbocycles. The lowest BCUT2D eigenvalue weighted by Crippen LogP contribution is -2.25. The van der Waals surface area contributed by atoms with Crippen LogP contribution in [0.3, 0.4) is 0 Å². The van der Waals surface area contributed by atoms with E-state index in [0.717, 1.165) is 34.8 Å². The molecule has 1 aromatic heterocycles. The minimum Gasteiger partial charge on any atom is -0.356 e. The van der Waals surface area contributed by atoms with E-state index < -0.39 is 0 Å². The first-order chi connectivity index (χ1) is 13.1. The van der Waals surface area contributed by atoms with Crippen molar-refractivity contribution in [2.24, 2.45) is 0 Å². The van der Waals surface area contributed by atoms with Crippen LogP contribution in [0.25, 0.3) is 5.69 Å². The van der Waals surface area contributed by atoms with E-state index in [2.05, 4.69) is 16.6 Å². The van der Waals surface area contributed by atoms with Gasteiger partial charge in [0.25, 0.3) is 0 Å². The van der Waals surface area contributed by atoms with E-state index in [1.54, 1.807) is 0 Å². The summed E-state index contributed by atoms with van der Waals surface area (Å²) in [5, 5.41) is 8.29. The molecule has 0 radical (unpaired) electrons. The highest BCUT2D eigenvalue weighted by Crippen LogP contribution is 2.16. The zero-order chi connectivity index (χ0) is 19.1. The number of nitrogens with one attached hydrogen (secondary N) is 1. The van der Waals surface area contributed by atoms with Crippen molar-refractivity contribution in [2.75, 3.05) is 6.54 Å². The maximum Gasteiger partial charge on any atom is 0.220 e. The fourth-order valence-electron chi connectivity index (χ4n) is 3.00. The van der Waals surface area contributed by atoms with Crippen LogP contribution < -0.4 is 5.32 Å². The molecule has 140 valence electrons. The van der Waals surface area contributed by atoms with Gasteiger partial charge in [0, 0.05) is 24.2 Å². The van der Waals surface area contributed by atoms with Gasteiger partial charge < -0.3 is 5.32 Å². The summed E-state index contributed by atoms with van der Waals surface area (Å²) in [6.07, 6.45) is 4.97. The van der Waals surface area contributed by atoms with Gasteiger partial charge in [-0.3, -0.25) is 4.79 Å². The summed E-state index contributed by atoms with van der Waals surface area (Å²) < 4.78 is 1.91. The Kier molecular flexibility index (Phi) is 6.66.